The summed E-state index contributed by atoms with van der Waals surface area (Å²) in [5, 5.41) is 2.61. The van der Waals surface area contributed by atoms with Crippen LogP contribution < -0.4 is 16.6 Å². The summed E-state index contributed by atoms with van der Waals surface area (Å²) in [5.41, 5.74) is 5.41. The molecule has 0 aromatic carbocycles. The van der Waals surface area contributed by atoms with Crippen molar-refractivity contribution in [3.63, 3.8) is 0 Å². The maximum atomic E-state index is 11.4. The van der Waals surface area contributed by atoms with E-state index in [9.17, 15) is 9.59 Å². The summed E-state index contributed by atoms with van der Waals surface area (Å²) in [7, 11) is 0. The van der Waals surface area contributed by atoms with Gasteiger partial charge in [-0.2, -0.15) is 0 Å². The molecule has 5 nitrogen and oxygen atoms in total. The van der Waals surface area contributed by atoms with Gasteiger partial charge < -0.3 is 16.0 Å². The van der Waals surface area contributed by atoms with E-state index in [4.69, 9.17) is 5.73 Å². The molecule has 0 spiro atoms. The summed E-state index contributed by atoms with van der Waals surface area (Å²) < 4.78 is 0. The zero-order chi connectivity index (χ0) is 10.7. The molecular weight excluding hydrogens is 182 g/mol. The molecule has 4 N–H and O–H groups in total. The maximum Gasteiger partial charge on any atom is 0.260 e. The lowest BCUT2D eigenvalue weighted by molar-refractivity contribution is 0.0941. The molecule has 1 aromatic heterocycles. The molecule has 0 saturated carbocycles. The predicted octanol–water partition coefficient (Wildman–Crippen LogP) is 0.0953. The van der Waals surface area contributed by atoms with Crippen LogP contribution in [0.1, 0.15) is 24.2 Å². The van der Waals surface area contributed by atoms with Crippen LogP contribution in [0.4, 0.5) is 5.69 Å². The van der Waals surface area contributed by atoms with Crippen molar-refractivity contribution in [3.8, 4) is 0 Å². The van der Waals surface area contributed by atoms with E-state index in [-0.39, 0.29) is 11.6 Å². The van der Waals surface area contributed by atoms with Gasteiger partial charge in [-0.25, -0.2) is 0 Å². The Labute approximate surface area is 81.3 Å². The van der Waals surface area contributed by atoms with Crippen LogP contribution in [0.3, 0.4) is 0 Å². The van der Waals surface area contributed by atoms with Gasteiger partial charge in [-0.1, -0.05) is 0 Å². The highest BCUT2D eigenvalue weighted by Crippen LogP contribution is 1.99. The highest BCUT2D eigenvalue weighted by atomic mass is 16.2. The van der Waals surface area contributed by atoms with Crippen molar-refractivity contribution in [2.45, 2.75) is 19.9 Å². The maximum absolute atomic E-state index is 11.4. The SMILES string of the molecule is CC(C)NC(=O)c1cc(N)c[nH]c1=O. The molecule has 5 heteroatoms. The van der Waals surface area contributed by atoms with E-state index >= 15 is 0 Å². The number of carbonyl (C=O) groups excluding carboxylic acids is 1. The van der Waals surface area contributed by atoms with Gasteiger partial charge in [0.1, 0.15) is 5.56 Å². The molecule has 0 aliphatic carbocycles. The molecule has 0 saturated heterocycles. The number of carbonyl (C=O) groups is 1. The number of rotatable bonds is 2. The van der Waals surface area contributed by atoms with Crippen LogP contribution in [0.5, 0.6) is 0 Å². The van der Waals surface area contributed by atoms with Crippen molar-refractivity contribution in [2.24, 2.45) is 0 Å². The number of aromatic nitrogens is 1. The van der Waals surface area contributed by atoms with Gasteiger partial charge >= 0.3 is 0 Å². The van der Waals surface area contributed by atoms with Crippen molar-refractivity contribution in [1.82, 2.24) is 10.3 Å². The van der Waals surface area contributed by atoms with Crippen molar-refractivity contribution >= 4 is 11.6 Å². The number of nitrogen functional groups attached to an aromatic ring is 1. The van der Waals surface area contributed by atoms with Crippen molar-refractivity contribution in [1.29, 1.82) is 0 Å². The van der Waals surface area contributed by atoms with Gasteiger partial charge in [-0.15, -0.1) is 0 Å². The Morgan fingerprint density at radius 2 is 2.21 bits per heavy atom. The molecule has 0 radical (unpaired) electrons. The van der Waals surface area contributed by atoms with Crippen molar-refractivity contribution in [2.75, 3.05) is 5.73 Å². The van der Waals surface area contributed by atoms with Crippen molar-refractivity contribution < 1.29 is 4.79 Å². The fourth-order valence-corrected chi connectivity index (χ4v) is 1.01. The summed E-state index contributed by atoms with van der Waals surface area (Å²) in [6.45, 7) is 3.64. The average molecular weight is 195 g/mol. The number of hydrogen-bond acceptors (Lipinski definition) is 3. The number of aromatic amines is 1. The third-order valence-electron chi connectivity index (χ3n) is 1.59. The molecule has 0 unspecified atom stereocenters. The zero-order valence-corrected chi connectivity index (χ0v) is 8.13. The van der Waals surface area contributed by atoms with Crippen LogP contribution in [0.2, 0.25) is 0 Å². The summed E-state index contributed by atoms with van der Waals surface area (Å²) >= 11 is 0. The van der Waals surface area contributed by atoms with E-state index < -0.39 is 11.5 Å². The first kappa shape index (κ1) is 10.3. The molecule has 0 atom stereocenters. The van der Waals surface area contributed by atoms with E-state index in [1.165, 1.54) is 12.3 Å². The summed E-state index contributed by atoms with van der Waals surface area (Å²) in [6, 6.07) is 1.35. The lowest BCUT2D eigenvalue weighted by Crippen LogP contribution is -2.34. The second-order valence-corrected chi connectivity index (χ2v) is 3.30. The number of pyridine rings is 1. The third-order valence-corrected chi connectivity index (χ3v) is 1.59. The van der Waals surface area contributed by atoms with Crippen LogP contribution >= 0.6 is 0 Å². The average Bonchev–Trinajstić information content (AvgIpc) is 2.08. The number of nitrogens with two attached hydrogens (primary N) is 1. The number of hydrogen-bond donors (Lipinski definition) is 3. The van der Waals surface area contributed by atoms with Gasteiger partial charge in [0.25, 0.3) is 11.5 Å². The Balaban J connectivity index is 3.00. The topological polar surface area (TPSA) is 88.0 Å². The number of nitrogens with one attached hydrogen (secondary N) is 2. The molecule has 0 bridgehead atoms. The first-order valence-electron chi connectivity index (χ1n) is 4.29. The normalized spacial score (nSPS) is 10.2. The standard InChI is InChI=1S/C9H13N3O2/c1-5(2)12-9(14)7-3-6(10)4-11-8(7)13/h3-5H,10H2,1-2H3,(H,11,13)(H,12,14). The van der Waals surface area contributed by atoms with Gasteiger partial charge in [0.05, 0.1) is 0 Å². The van der Waals surface area contributed by atoms with Crippen LogP contribution in [0.15, 0.2) is 17.1 Å². The number of amides is 1. The van der Waals surface area contributed by atoms with Gasteiger partial charge in [-0.05, 0) is 19.9 Å². The third kappa shape index (κ3) is 2.35. The van der Waals surface area contributed by atoms with Crippen LogP contribution in [0, 0.1) is 0 Å². The molecule has 1 rings (SSSR count). The molecule has 1 amide bonds. The second kappa shape index (κ2) is 3.95. The molecule has 14 heavy (non-hydrogen) atoms. The van der Waals surface area contributed by atoms with E-state index in [0.717, 1.165) is 0 Å². The molecule has 0 fully saturated rings. The molecular formula is C9H13N3O2. The Hall–Kier alpha value is -1.78. The minimum Gasteiger partial charge on any atom is -0.398 e. The molecule has 0 aliphatic rings. The van der Waals surface area contributed by atoms with Crippen LogP contribution in [0.25, 0.3) is 0 Å². The van der Waals surface area contributed by atoms with E-state index in [1.807, 2.05) is 13.8 Å². The lowest BCUT2D eigenvalue weighted by Gasteiger charge is -2.07. The van der Waals surface area contributed by atoms with Gasteiger partial charge in [0.2, 0.25) is 0 Å². The fraction of sp³-hybridized carbons (Fsp3) is 0.333. The lowest BCUT2D eigenvalue weighted by atomic mass is 10.2. The quantitative estimate of drug-likeness (QED) is 0.625. The van der Waals surface area contributed by atoms with Gasteiger partial charge in [-0.3, -0.25) is 9.59 Å². The Bertz CT molecular complexity index is 395. The second-order valence-electron chi connectivity index (χ2n) is 3.30. The van der Waals surface area contributed by atoms with Gasteiger partial charge in [0.15, 0.2) is 0 Å². The van der Waals surface area contributed by atoms with Crippen molar-refractivity contribution in [3.05, 3.63) is 28.2 Å². The van der Waals surface area contributed by atoms with Crippen LogP contribution in [-0.4, -0.2) is 16.9 Å². The molecule has 76 valence electrons. The fourth-order valence-electron chi connectivity index (χ4n) is 1.01. The van der Waals surface area contributed by atoms with Gasteiger partial charge in [0, 0.05) is 17.9 Å². The first-order chi connectivity index (χ1) is 6.50. The van der Waals surface area contributed by atoms with E-state index in [0.29, 0.717) is 5.69 Å². The summed E-state index contributed by atoms with van der Waals surface area (Å²) in [4.78, 5) is 25.0. The largest absolute Gasteiger partial charge is 0.398 e. The Morgan fingerprint density at radius 1 is 1.57 bits per heavy atom. The predicted molar refractivity (Wildman–Crippen MR) is 54.1 cm³/mol. The monoisotopic (exact) mass is 195 g/mol. The highest BCUT2D eigenvalue weighted by molar-refractivity contribution is 5.94. The highest BCUT2D eigenvalue weighted by Gasteiger charge is 2.11. The summed E-state index contributed by atoms with van der Waals surface area (Å²) in [6.07, 6.45) is 1.36. The van der Waals surface area contributed by atoms with Crippen LogP contribution in [-0.2, 0) is 0 Å². The molecule has 1 heterocycles. The minimum atomic E-state index is -0.433. The smallest absolute Gasteiger partial charge is 0.260 e. The van der Waals surface area contributed by atoms with E-state index in [2.05, 4.69) is 10.3 Å². The minimum absolute atomic E-state index is 0.0108. The molecule has 1 aromatic rings. The zero-order valence-electron chi connectivity index (χ0n) is 8.13. The summed E-state index contributed by atoms with van der Waals surface area (Å²) in [5.74, 6) is -0.409. The first-order valence-corrected chi connectivity index (χ1v) is 4.29. The Morgan fingerprint density at radius 3 is 2.79 bits per heavy atom. The van der Waals surface area contributed by atoms with E-state index in [1.54, 1.807) is 0 Å². The Kier molecular flexibility index (Phi) is 2.91. The number of anilines is 1. The number of H-pyrrole nitrogens is 1. The molecule has 0 aliphatic heterocycles.